The summed E-state index contributed by atoms with van der Waals surface area (Å²) < 4.78 is 40.0. The van der Waals surface area contributed by atoms with Gasteiger partial charge >= 0.3 is 6.01 Å². The maximum absolute atomic E-state index is 14.5. The second-order valence-corrected chi connectivity index (χ2v) is 8.36. The van der Waals surface area contributed by atoms with Crippen LogP contribution in [-0.4, -0.2) is 57.9 Å². The standard InChI is InChI=1S/C19H23ClF2N4O2/c1-11(2)9-27-17-13-7-23-16(20)14(22)15(13)24-18(25-17)28-10-19-4-3-5-26(19)8-12(21)6-19/h7,11-12H,3-6,8-10H2,1-2H3/t12-,19?/m1/s1. The lowest BCUT2D eigenvalue weighted by Crippen LogP contribution is -2.43. The lowest BCUT2D eigenvalue weighted by molar-refractivity contribution is 0.106. The van der Waals surface area contributed by atoms with Gasteiger partial charge in [-0.15, -0.1) is 0 Å². The number of pyridine rings is 1. The molecule has 9 heteroatoms. The number of fused-ring (bicyclic) bond motifs is 2. The van der Waals surface area contributed by atoms with Gasteiger partial charge in [-0.05, 0) is 25.3 Å². The van der Waals surface area contributed by atoms with E-state index in [1.165, 1.54) is 6.20 Å². The van der Waals surface area contributed by atoms with E-state index >= 15 is 0 Å². The summed E-state index contributed by atoms with van der Waals surface area (Å²) in [6.07, 6.45) is 2.84. The highest BCUT2D eigenvalue weighted by atomic mass is 35.5. The van der Waals surface area contributed by atoms with E-state index in [0.717, 1.165) is 19.4 Å². The average molecular weight is 413 g/mol. The molecule has 2 aromatic rings. The summed E-state index contributed by atoms with van der Waals surface area (Å²) in [6.45, 7) is 5.94. The van der Waals surface area contributed by atoms with Crippen molar-refractivity contribution in [2.75, 3.05) is 26.3 Å². The third kappa shape index (κ3) is 3.59. The fourth-order valence-corrected chi connectivity index (χ4v) is 4.19. The maximum atomic E-state index is 14.5. The molecular formula is C19H23ClF2N4O2. The van der Waals surface area contributed by atoms with Gasteiger partial charge in [0.15, 0.2) is 11.0 Å². The average Bonchev–Trinajstić information content (AvgIpc) is 3.17. The molecule has 2 atom stereocenters. The number of alkyl halides is 1. The molecule has 6 nitrogen and oxygen atoms in total. The van der Waals surface area contributed by atoms with Crippen LogP contribution < -0.4 is 9.47 Å². The van der Waals surface area contributed by atoms with Crippen molar-refractivity contribution < 1.29 is 18.3 Å². The van der Waals surface area contributed by atoms with Crippen molar-refractivity contribution in [1.82, 2.24) is 19.9 Å². The Balaban J connectivity index is 1.64. The number of hydrogen-bond donors (Lipinski definition) is 0. The van der Waals surface area contributed by atoms with Crippen LogP contribution in [0.5, 0.6) is 11.9 Å². The molecule has 28 heavy (non-hydrogen) atoms. The Morgan fingerprint density at radius 2 is 2.18 bits per heavy atom. The normalized spacial score (nSPS) is 24.9. The topological polar surface area (TPSA) is 60.4 Å². The summed E-state index contributed by atoms with van der Waals surface area (Å²) in [5.74, 6) is -0.288. The zero-order valence-electron chi connectivity index (χ0n) is 15.9. The number of rotatable bonds is 6. The minimum atomic E-state index is -0.853. The van der Waals surface area contributed by atoms with E-state index < -0.39 is 12.0 Å². The van der Waals surface area contributed by atoms with Gasteiger partial charge in [-0.25, -0.2) is 13.8 Å². The number of aromatic nitrogens is 3. The summed E-state index contributed by atoms with van der Waals surface area (Å²) in [4.78, 5) is 14.5. The third-order valence-electron chi connectivity index (χ3n) is 5.37. The second kappa shape index (κ2) is 7.55. The monoisotopic (exact) mass is 412 g/mol. The van der Waals surface area contributed by atoms with Gasteiger partial charge in [0.2, 0.25) is 5.88 Å². The largest absolute Gasteiger partial charge is 0.477 e. The first-order valence-corrected chi connectivity index (χ1v) is 9.92. The maximum Gasteiger partial charge on any atom is 0.320 e. The van der Waals surface area contributed by atoms with E-state index in [-0.39, 0.29) is 40.6 Å². The van der Waals surface area contributed by atoms with Crippen LogP contribution in [0.3, 0.4) is 0 Å². The van der Waals surface area contributed by atoms with E-state index in [2.05, 4.69) is 19.9 Å². The van der Waals surface area contributed by atoms with Gasteiger partial charge in [-0.3, -0.25) is 4.90 Å². The van der Waals surface area contributed by atoms with E-state index in [1.54, 1.807) is 0 Å². The van der Waals surface area contributed by atoms with Crippen LogP contribution in [0.2, 0.25) is 5.15 Å². The predicted molar refractivity (Wildman–Crippen MR) is 101 cm³/mol. The lowest BCUT2D eigenvalue weighted by Gasteiger charge is -2.30. The molecule has 4 heterocycles. The van der Waals surface area contributed by atoms with Crippen LogP contribution in [-0.2, 0) is 0 Å². The van der Waals surface area contributed by atoms with Crippen molar-refractivity contribution in [2.24, 2.45) is 5.92 Å². The van der Waals surface area contributed by atoms with Crippen molar-refractivity contribution >= 4 is 22.5 Å². The van der Waals surface area contributed by atoms with Crippen molar-refractivity contribution in [3.63, 3.8) is 0 Å². The van der Waals surface area contributed by atoms with E-state index in [9.17, 15) is 8.78 Å². The first kappa shape index (κ1) is 19.5. The lowest BCUT2D eigenvalue weighted by atomic mass is 9.95. The Morgan fingerprint density at radius 3 is 2.96 bits per heavy atom. The molecule has 2 fully saturated rings. The van der Waals surface area contributed by atoms with Gasteiger partial charge in [-0.1, -0.05) is 25.4 Å². The zero-order valence-corrected chi connectivity index (χ0v) is 16.7. The van der Waals surface area contributed by atoms with Crippen molar-refractivity contribution in [1.29, 1.82) is 0 Å². The van der Waals surface area contributed by atoms with Gasteiger partial charge in [0.05, 0.1) is 17.5 Å². The van der Waals surface area contributed by atoms with Gasteiger partial charge in [0.1, 0.15) is 18.3 Å². The Kier molecular flexibility index (Phi) is 5.26. The van der Waals surface area contributed by atoms with Gasteiger partial charge in [0.25, 0.3) is 0 Å². The SMILES string of the molecule is CC(C)COc1nc(OCC23CCCN2C[C@H](F)C3)nc2c(F)c(Cl)ncc12. The molecule has 2 aromatic heterocycles. The highest BCUT2D eigenvalue weighted by Gasteiger charge is 2.49. The Morgan fingerprint density at radius 1 is 1.36 bits per heavy atom. The molecule has 0 aromatic carbocycles. The Hall–Kier alpha value is -1.80. The molecule has 4 rings (SSSR count). The Labute approximate surface area is 167 Å². The molecule has 0 amide bonds. The minimum Gasteiger partial charge on any atom is -0.477 e. The smallest absolute Gasteiger partial charge is 0.320 e. The summed E-state index contributed by atoms with van der Waals surface area (Å²) in [6, 6.07) is -0.00374. The fourth-order valence-electron chi connectivity index (χ4n) is 4.06. The molecule has 0 radical (unpaired) electrons. The van der Waals surface area contributed by atoms with E-state index in [1.807, 2.05) is 13.8 Å². The number of hydrogen-bond acceptors (Lipinski definition) is 6. The van der Waals surface area contributed by atoms with Crippen LogP contribution in [0.25, 0.3) is 10.9 Å². The summed E-state index contributed by atoms with van der Waals surface area (Å²) in [5.41, 5.74) is -0.343. The first-order chi connectivity index (χ1) is 13.4. The first-order valence-electron chi connectivity index (χ1n) is 9.54. The van der Waals surface area contributed by atoms with Crippen LogP contribution in [0.1, 0.15) is 33.1 Å². The molecule has 2 saturated heterocycles. The number of halogens is 3. The number of ether oxygens (including phenoxy) is 2. The fraction of sp³-hybridized carbons (Fsp3) is 0.632. The molecule has 2 aliphatic rings. The van der Waals surface area contributed by atoms with Crippen LogP contribution in [0, 0.1) is 11.7 Å². The molecule has 152 valence electrons. The van der Waals surface area contributed by atoms with Crippen LogP contribution in [0.15, 0.2) is 6.20 Å². The molecule has 0 saturated carbocycles. The molecular weight excluding hydrogens is 390 g/mol. The number of nitrogens with zero attached hydrogens (tertiary/aromatic N) is 4. The zero-order chi connectivity index (χ0) is 19.9. The second-order valence-electron chi connectivity index (χ2n) is 8.01. The summed E-state index contributed by atoms with van der Waals surface area (Å²) in [7, 11) is 0. The van der Waals surface area contributed by atoms with Crippen molar-refractivity contribution in [3.05, 3.63) is 17.2 Å². The molecule has 2 aliphatic heterocycles. The quantitative estimate of drug-likeness (QED) is 0.672. The minimum absolute atomic E-state index is 0.000626. The predicted octanol–water partition coefficient (Wildman–Crippen LogP) is 3.81. The molecule has 0 N–H and O–H groups in total. The molecule has 0 spiro atoms. The van der Waals surface area contributed by atoms with Gasteiger partial charge in [0, 0.05) is 19.2 Å². The third-order valence-corrected chi connectivity index (χ3v) is 5.63. The van der Waals surface area contributed by atoms with Crippen LogP contribution in [0.4, 0.5) is 8.78 Å². The highest BCUT2D eigenvalue weighted by Crippen LogP contribution is 2.40. The molecule has 1 unspecified atom stereocenters. The summed E-state index contributed by atoms with van der Waals surface area (Å²) >= 11 is 5.81. The highest BCUT2D eigenvalue weighted by molar-refractivity contribution is 6.30. The molecule has 0 bridgehead atoms. The van der Waals surface area contributed by atoms with Crippen molar-refractivity contribution in [3.8, 4) is 11.9 Å². The summed E-state index contributed by atoms with van der Waals surface area (Å²) in [5, 5.41) is 0.0591. The Bertz CT molecular complexity index is 885. The van der Waals surface area contributed by atoms with Crippen LogP contribution >= 0.6 is 11.6 Å². The van der Waals surface area contributed by atoms with E-state index in [0.29, 0.717) is 25.0 Å². The molecule has 0 aliphatic carbocycles. The van der Waals surface area contributed by atoms with Gasteiger partial charge < -0.3 is 9.47 Å². The van der Waals surface area contributed by atoms with Gasteiger partial charge in [-0.2, -0.15) is 9.97 Å². The van der Waals surface area contributed by atoms with Crippen molar-refractivity contribution in [2.45, 2.75) is 44.8 Å². The van der Waals surface area contributed by atoms with E-state index in [4.69, 9.17) is 21.1 Å².